The van der Waals surface area contributed by atoms with Crippen LogP contribution in [0.25, 0.3) is 0 Å². The lowest BCUT2D eigenvalue weighted by molar-refractivity contribution is -0.136. The maximum absolute atomic E-state index is 12.3. The predicted molar refractivity (Wildman–Crippen MR) is 122 cm³/mol. The van der Waals surface area contributed by atoms with Crippen LogP contribution >= 0.6 is 15.9 Å². The number of rotatable bonds is 7. The van der Waals surface area contributed by atoms with E-state index in [0.29, 0.717) is 11.4 Å². The molecular formula is C21H19BrN4O5S. The van der Waals surface area contributed by atoms with Crippen LogP contribution in [0.3, 0.4) is 0 Å². The highest BCUT2D eigenvalue weighted by Crippen LogP contribution is 2.15. The third-order valence-corrected chi connectivity index (χ3v) is 6.15. The third-order valence-electron chi connectivity index (χ3n) is 4.20. The Bertz CT molecular complexity index is 1250. The van der Waals surface area contributed by atoms with Crippen LogP contribution in [0.5, 0.6) is 0 Å². The van der Waals surface area contributed by atoms with Gasteiger partial charge in [-0.15, -0.1) is 0 Å². The van der Waals surface area contributed by atoms with Gasteiger partial charge in [0, 0.05) is 10.2 Å². The maximum Gasteiger partial charge on any atom is 0.329 e. The number of hydrogen-bond donors (Lipinski definition) is 3. The smallest absolute Gasteiger partial charge is 0.329 e. The molecule has 2 aromatic carbocycles. The number of furan rings is 1. The molecule has 0 radical (unpaired) electrons. The summed E-state index contributed by atoms with van der Waals surface area (Å²) in [5, 5.41) is 6.18. The molecule has 2 amide bonds. The molecule has 1 heterocycles. The normalized spacial score (nSPS) is 11.4. The average Bonchev–Trinajstić information content (AvgIpc) is 3.22. The number of nitrogens with zero attached hydrogens (tertiary/aromatic N) is 1. The second-order valence-corrected chi connectivity index (χ2v) is 9.23. The van der Waals surface area contributed by atoms with Gasteiger partial charge in [0.25, 0.3) is 0 Å². The Labute approximate surface area is 193 Å². The van der Waals surface area contributed by atoms with Gasteiger partial charge in [0.2, 0.25) is 10.0 Å². The van der Waals surface area contributed by atoms with Crippen LogP contribution in [0, 0.1) is 6.92 Å². The number of anilines is 1. The first-order valence-corrected chi connectivity index (χ1v) is 11.6. The summed E-state index contributed by atoms with van der Waals surface area (Å²) in [5.41, 5.74) is 3.45. The van der Waals surface area contributed by atoms with Crippen molar-refractivity contribution in [2.45, 2.75) is 18.4 Å². The monoisotopic (exact) mass is 518 g/mol. The van der Waals surface area contributed by atoms with Gasteiger partial charge in [0.1, 0.15) is 11.5 Å². The molecule has 0 aliphatic rings. The molecule has 0 aliphatic heterocycles. The molecule has 0 spiro atoms. The van der Waals surface area contributed by atoms with Crippen molar-refractivity contribution in [1.82, 2.24) is 10.1 Å². The number of halogens is 1. The second-order valence-electron chi connectivity index (χ2n) is 6.55. The fourth-order valence-corrected chi connectivity index (χ4v) is 3.78. The Hall–Kier alpha value is -3.28. The predicted octanol–water partition coefficient (Wildman–Crippen LogP) is 2.92. The largest absolute Gasteiger partial charge is 0.459 e. The first kappa shape index (κ1) is 23.4. The van der Waals surface area contributed by atoms with Crippen molar-refractivity contribution in [1.29, 1.82) is 0 Å². The molecule has 0 unspecified atom stereocenters. The minimum absolute atomic E-state index is 0.0720. The van der Waals surface area contributed by atoms with Crippen LogP contribution in [0.15, 0.2) is 79.6 Å². The molecule has 0 bridgehead atoms. The van der Waals surface area contributed by atoms with E-state index in [1.54, 1.807) is 49.4 Å². The molecule has 3 rings (SSSR count). The molecule has 0 atom stereocenters. The number of amides is 2. The van der Waals surface area contributed by atoms with Crippen LogP contribution in [0.1, 0.15) is 17.1 Å². The van der Waals surface area contributed by atoms with Crippen LogP contribution < -0.4 is 15.5 Å². The third kappa shape index (κ3) is 6.36. The van der Waals surface area contributed by atoms with Gasteiger partial charge in [-0.25, -0.2) is 18.6 Å². The summed E-state index contributed by atoms with van der Waals surface area (Å²) in [6.45, 7) is 1.73. The van der Waals surface area contributed by atoms with Crippen molar-refractivity contribution in [3.63, 3.8) is 0 Å². The topological polar surface area (TPSA) is 130 Å². The van der Waals surface area contributed by atoms with Crippen molar-refractivity contribution in [3.05, 3.63) is 82.2 Å². The Morgan fingerprint density at radius 1 is 1.03 bits per heavy atom. The molecule has 0 saturated carbocycles. The van der Waals surface area contributed by atoms with E-state index in [2.05, 4.69) is 36.5 Å². The van der Waals surface area contributed by atoms with Crippen molar-refractivity contribution in [2.24, 2.45) is 5.10 Å². The van der Waals surface area contributed by atoms with Gasteiger partial charge >= 0.3 is 11.8 Å². The van der Waals surface area contributed by atoms with E-state index < -0.39 is 21.8 Å². The summed E-state index contributed by atoms with van der Waals surface area (Å²) in [4.78, 5) is 23.9. The molecule has 0 fully saturated rings. The van der Waals surface area contributed by atoms with E-state index in [1.165, 1.54) is 18.3 Å². The maximum atomic E-state index is 12.3. The number of para-hydroxylation sites is 1. The quantitative estimate of drug-likeness (QED) is 0.251. The first-order chi connectivity index (χ1) is 15.2. The van der Waals surface area contributed by atoms with Gasteiger partial charge < -0.3 is 9.73 Å². The van der Waals surface area contributed by atoms with Crippen LogP contribution in [-0.4, -0.2) is 26.4 Å². The molecule has 3 N–H and O–H groups in total. The molecular weight excluding hydrogens is 500 g/mol. The number of aryl methyl sites for hydroxylation is 1. The standard InChI is InChI=1S/C21H19BrN4O5S/c1-14-4-2-3-5-19(14)25-20(27)21(28)26-23-12-16-8-9-17(31-16)13-24-32(29,30)18-10-6-15(22)7-11-18/h2-12,24H,13H2,1H3,(H,25,27)(H,26,28)/b23-12+. The number of carbonyl (C=O) groups excluding carboxylic acids is 2. The number of benzene rings is 2. The van der Waals surface area contributed by atoms with Crippen LogP contribution in [0.4, 0.5) is 5.69 Å². The van der Waals surface area contributed by atoms with Crippen LogP contribution in [-0.2, 0) is 26.2 Å². The lowest BCUT2D eigenvalue weighted by Gasteiger charge is -2.06. The lowest BCUT2D eigenvalue weighted by atomic mass is 10.2. The molecule has 32 heavy (non-hydrogen) atoms. The summed E-state index contributed by atoms with van der Waals surface area (Å²) in [5.74, 6) is -1.20. The van der Waals surface area contributed by atoms with Gasteiger partial charge in [-0.1, -0.05) is 34.1 Å². The summed E-state index contributed by atoms with van der Waals surface area (Å²) >= 11 is 3.25. The summed E-state index contributed by atoms with van der Waals surface area (Å²) in [6, 6.07) is 16.4. The number of hydrogen-bond acceptors (Lipinski definition) is 6. The zero-order valence-corrected chi connectivity index (χ0v) is 19.2. The SMILES string of the molecule is Cc1ccccc1NC(=O)C(=O)N/N=C/c1ccc(CNS(=O)(=O)c2ccc(Br)cc2)o1. The van der Waals surface area contributed by atoms with E-state index in [4.69, 9.17) is 4.42 Å². The summed E-state index contributed by atoms with van der Waals surface area (Å²) in [6.07, 6.45) is 1.20. The van der Waals surface area contributed by atoms with E-state index >= 15 is 0 Å². The Kier molecular flexibility index (Phi) is 7.57. The van der Waals surface area contributed by atoms with Gasteiger partial charge in [-0.2, -0.15) is 5.10 Å². The molecule has 9 nitrogen and oxygen atoms in total. The fraction of sp³-hybridized carbons (Fsp3) is 0.0952. The van der Waals surface area contributed by atoms with Gasteiger partial charge in [-0.3, -0.25) is 9.59 Å². The van der Waals surface area contributed by atoms with Crippen molar-refractivity contribution < 1.29 is 22.4 Å². The van der Waals surface area contributed by atoms with Gasteiger partial charge in [0.05, 0.1) is 17.7 Å². The van der Waals surface area contributed by atoms with E-state index in [-0.39, 0.29) is 17.2 Å². The minimum atomic E-state index is -3.70. The summed E-state index contributed by atoms with van der Waals surface area (Å²) in [7, 11) is -3.70. The van der Waals surface area contributed by atoms with E-state index in [1.807, 2.05) is 6.07 Å². The van der Waals surface area contributed by atoms with Crippen molar-refractivity contribution in [3.8, 4) is 0 Å². The first-order valence-electron chi connectivity index (χ1n) is 9.28. The molecule has 166 valence electrons. The second kappa shape index (κ2) is 10.4. The Balaban J connectivity index is 1.51. The molecule has 3 aromatic rings. The van der Waals surface area contributed by atoms with E-state index in [9.17, 15) is 18.0 Å². The number of hydrazone groups is 1. The zero-order chi connectivity index (χ0) is 23.1. The molecule has 0 aliphatic carbocycles. The highest BCUT2D eigenvalue weighted by molar-refractivity contribution is 9.10. The van der Waals surface area contributed by atoms with Gasteiger partial charge in [-0.05, 0) is 55.0 Å². The zero-order valence-electron chi connectivity index (χ0n) is 16.8. The minimum Gasteiger partial charge on any atom is -0.459 e. The highest BCUT2D eigenvalue weighted by atomic mass is 79.9. The molecule has 0 saturated heterocycles. The lowest BCUT2D eigenvalue weighted by Crippen LogP contribution is -2.32. The average molecular weight is 519 g/mol. The van der Waals surface area contributed by atoms with Gasteiger partial charge in [0.15, 0.2) is 0 Å². The van der Waals surface area contributed by atoms with Crippen LogP contribution in [0.2, 0.25) is 0 Å². The molecule has 11 heteroatoms. The Morgan fingerprint density at radius 2 is 1.75 bits per heavy atom. The highest BCUT2D eigenvalue weighted by Gasteiger charge is 2.15. The van der Waals surface area contributed by atoms with E-state index in [0.717, 1.165) is 10.0 Å². The number of nitrogens with one attached hydrogen (secondary N) is 3. The number of sulfonamides is 1. The fourth-order valence-electron chi connectivity index (χ4n) is 2.52. The molecule has 1 aromatic heterocycles. The van der Waals surface area contributed by atoms with Crippen molar-refractivity contribution in [2.75, 3.05) is 5.32 Å². The summed E-state index contributed by atoms with van der Waals surface area (Å²) < 4.78 is 33.3. The number of carbonyl (C=O) groups is 2. The van der Waals surface area contributed by atoms with Crippen molar-refractivity contribution >= 4 is 49.7 Å². The Morgan fingerprint density at radius 3 is 2.47 bits per heavy atom.